The summed E-state index contributed by atoms with van der Waals surface area (Å²) in [6, 6.07) is 6.00. The molecule has 8 nitrogen and oxygen atoms in total. The van der Waals surface area contributed by atoms with Gasteiger partial charge in [0.2, 0.25) is 5.91 Å². The van der Waals surface area contributed by atoms with Gasteiger partial charge in [-0.15, -0.1) is 0 Å². The van der Waals surface area contributed by atoms with Gasteiger partial charge in [-0.2, -0.15) is 0 Å². The van der Waals surface area contributed by atoms with Gasteiger partial charge < -0.3 is 24.4 Å². The highest BCUT2D eigenvalue weighted by atomic mass is 35.5. The van der Waals surface area contributed by atoms with Crippen molar-refractivity contribution < 1.29 is 29.0 Å². The summed E-state index contributed by atoms with van der Waals surface area (Å²) in [4.78, 5) is 43.8. The second-order valence-electron chi connectivity index (χ2n) is 8.94. The molecule has 2 saturated heterocycles. The van der Waals surface area contributed by atoms with Gasteiger partial charge in [-0.05, 0) is 31.6 Å². The van der Waals surface area contributed by atoms with E-state index < -0.39 is 35.0 Å². The van der Waals surface area contributed by atoms with E-state index in [1.54, 1.807) is 55.5 Å². The zero-order valence-electron chi connectivity index (χ0n) is 18.1. The van der Waals surface area contributed by atoms with Gasteiger partial charge in [0, 0.05) is 19.7 Å². The van der Waals surface area contributed by atoms with E-state index in [1.807, 2.05) is 0 Å². The van der Waals surface area contributed by atoms with Crippen LogP contribution in [0.4, 0.5) is 5.69 Å². The maximum atomic E-state index is 14.1. The zero-order valence-corrected chi connectivity index (χ0v) is 18.9. The number of carbonyl (C=O) groups excluding carboxylic acids is 3. The van der Waals surface area contributed by atoms with Crippen molar-refractivity contribution >= 4 is 35.1 Å². The monoisotopic (exact) mass is 472 g/mol. The third-order valence-corrected chi connectivity index (χ3v) is 7.33. The van der Waals surface area contributed by atoms with E-state index in [-0.39, 0.29) is 38.1 Å². The molecular formula is C24H25ClN2O6. The SMILES string of the molecule is C[C@]12C=CCOC(=O)[C@H]1[C@H]1C(=O)N(CCCO)C3C(=O)N(c4ccccc4Cl)CC=C[C@@]31O2. The molecular weight excluding hydrogens is 448 g/mol. The summed E-state index contributed by atoms with van der Waals surface area (Å²) in [7, 11) is 0. The fourth-order valence-electron chi connectivity index (χ4n) is 5.72. The third-order valence-electron chi connectivity index (χ3n) is 7.01. The molecule has 0 aromatic heterocycles. The number of nitrogens with zero attached hydrogens (tertiary/aromatic N) is 2. The number of para-hydroxylation sites is 1. The number of halogens is 1. The molecule has 33 heavy (non-hydrogen) atoms. The summed E-state index contributed by atoms with van der Waals surface area (Å²) in [5.41, 5.74) is -1.92. The number of ether oxygens (including phenoxy) is 2. The van der Waals surface area contributed by atoms with E-state index in [0.717, 1.165) is 0 Å². The molecule has 1 spiro atoms. The first kappa shape index (κ1) is 22.1. The fraction of sp³-hybridized carbons (Fsp3) is 0.458. The second kappa shape index (κ2) is 7.97. The largest absolute Gasteiger partial charge is 0.461 e. The number of aliphatic hydroxyl groups excluding tert-OH is 1. The van der Waals surface area contributed by atoms with Crippen LogP contribution in [0.1, 0.15) is 13.3 Å². The molecule has 9 heteroatoms. The van der Waals surface area contributed by atoms with Gasteiger partial charge in [0.15, 0.2) is 0 Å². The molecule has 174 valence electrons. The topological polar surface area (TPSA) is 96.4 Å². The number of cyclic esters (lactones) is 1. The summed E-state index contributed by atoms with van der Waals surface area (Å²) in [5, 5.41) is 9.84. The Kier molecular flexibility index (Phi) is 5.34. The van der Waals surface area contributed by atoms with Crippen LogP contribution in [-0.4, -0.2) is 71.3 Å². The van der Waals surface area contributed by atoms with Gasteiger partial charge >= 0.3 is 5.97 Å². The Hall–Kier alpha value is -2.68. The Morgan fingerprint density at radius 1 is 1.12 bits per heavy atom. The van der Waals surface area contributed by atoms with E-state index in [0.29, 0.717) is 17.1 Å². The Balaban J connectivity index is 1.65. The summed E-state index contributed by atoms with van der Waals surface area (Å²) < 4.78 is 11.9. The number of fused-ring (bicyclic) bond motifs is 2. The summed E-state index contributed by atoms with van der Waals surface area (Å²) in [6.07, 6.45) is 7.31. The number of rotatable bonds is 4. The van der Waals surface area contributed by atoms with Crippen molar-refractivity contribution in [1.82, 2.24) is 4.90 Å². The van der Waals surface area contributed by atoms with Gasteiger partial charge in [0.1, 0.15) is 24.2 Å². The smallest absolute Gasteiger partial charge is 0.313 e. The van der Waals surface area contributed by atoms with Gasteiger partial charge in [-0.1, -0.05) is 42.0 Å². The molecule has 1 unspecified atom stereocenters. The first-order valence-electron chi connectivity index (χ1n) is 11.0. The Labute approximate surface area is 196 Å². The highest BCUT2D eigenvalue weighted by molar-refractivity contribution is 6.34. The Morgan fingerprint density at radius 2 is 1.91 bits per heavy atom. The molecule has 1 aromatic carbocycles. The third kappa shape index (κ3) is 3.15. The molecule has 5 rings (SSSR count). The number of carbonyl (C=O) groups is 3. The van der Waals surface area contributed by atoms with E-state index in [1.165, 1.54) is 9.80 Å². The van der Waals surface area contributed by atoms with E-state index in [4.69, 9.17) is 21.1 Å². The van der Waals surface area contributed by atoms with Crippen LogP contribution < -0.4 is 4.90 Å². The lowest BCUT2D eigenvalue weighted by molar-refractivity contribution is -0.156. The molecule has 4 heterocycles. The van der Waals surface area contributed by atoms with Crippen molar-refractivity contribution in [1.29, 1.82) is 0 Å². The summed E-state index contributed by atoms with van der Waals surface area (Å²) >= 11 is 6.40. The number of esters is 1. The first-order chi connectivity index (χ1) is 15.8. The highest BCUT2D eigenvalue weighted by Crippen LogP contribution is 2.57. The molecule has 4 aliphatic rings. The number of benzene rings is 1. The molecule has 2 amide bonds. The lowest BCUT2D eigenvalue weighted by Gasteiger charge is -2.37. The molecule has 0 radical (unpaired) electrons. The first-order valence-corrected chi connectivity index (χ1v) is 11.4. The number of hydrogen-bond acceptors (Lipinski definition) is 6. The lowest BCUT2D eigenvalue weighted by Crippen LogP contribution is -2.56. The normalized spacial score (nSPS) is 35.1. The van der Waals surface area contributed by atoms with Crippen LogP contribution in [0.25, 0.3) is 0 Å². The van der Waals surface area contributed by atoms with E-state index in [9.17, 15) is 19.5 Å². The molecule has 2 fully saturated rings. The van der Waals surface area contributed by atoms with Crippen LogP contribution >= 0.6 is 11.6 Å². The van der Waals surface area contributed by atoms with Gasteiger partial charge in [0.25, 0.3) is 5.91 Å². The molecule has 4 aliphatic heterocycles. The fourth-order valence-corrected chi connectivity index (χ4v) is 5.96. The number of anilines is 1. The molecule has 5 atom stereocenters. The quantitative estimate of drug-likeness (QED) is 0.529. The van der Waals surface area contributed by atoms with Crippen molar-refractivity contribution in [2.75, 3.05) is 31.2 Å². The molecule has 0 saturated carbocycles. The minimum Gasteiger partial charge on any atom is -0.461 e. The maximum Gasteiger partial charge on any atom is 0.313 e. The molecule has 1 N–H and O–H groups in total. The molecule has 0 aliphatic carbocycles. The van der Waals surface area contributed by atoms with Gasteiger partial charge in [-0.25, -0.2) is 0 Å². The summed E-state index contributed by atoms with van der Waals surface area (Å²) in [5.74, 6) is -3.04. The van der Waals surface area contributed by atoms with Gasteiger partial charge in [-0.3, -0.25) is 14.4 Å². The minimum absolute atomic E-state index is 0.106. The highest BCUT2D eigenvalue weighted by Gasteiger charge is 2.74. The van der Waals surface area contributed by atoms with E-state index >= 15 is 0 Å². The lowest BCUT2D eigenvalue weighted by atomic mass is 9.75. The van der Waals surface area contributed by atoms with Crippen LogP contribution in [-0.2, 0) is 23.9 Å². The summed E-state index contributed by atoms with van der Waals surface area (Å²) in [6.45, 7) is 2.12. The second-order valence-corrected chi connectivity index (χ2v) is 9.35. The van der Waals surface area contributed by atoms with Crippen molar-refractivity contribution in [3.05, 3.63) is 53.6 Å². The average molecular weight is 473 g/mol. The predicted molar refractivity (Wildman–Crippen MR) is 119 cm³/mol. The Morgan fingerprint density at radius 3 is 2.67 bits per heavy atom. The van der Waals surface area contributed by atoms with Crippen LogP contribution in [0, 0.1) is 11.8 Å². The minimum atomic E-state index is -1.35. The number of likely N-dealkylation sites (tertiary alicyclic amines) is 1. The molecule has 1 aromatic rings. The number of hydrogen-bond donors (Lipinski definition) is 1. The number of amides is 2. The van der Waals surface area contributed by atoms with Crippen LogP contribution in [0.5, 0.6) is 0 Å². The standard InChI is InChI=1S/C24H25ClN2O6/c1-23-9-5-14-32-22(31)18(23)17-20(29)27(12-6-13-28)19-21(30)26(11-4-10-24(17,19)33-23)16-8-3-2-7-15(16)25/h2-5,7-10,17-19,28H,6,11-14H2,1H3/t17-,18+,19?,23-,24-/m0/s1. The Bertz CT molecular complexity index is 1070. The van der Waals surface area contributed by atoms with Crippen LogP contribution in [0.15, 0.2) is 48.6 Å². The van der Waals surface area contributed by atoms with Crippen molar-refractivity contribution in [2.45, 2.75) is 30.6 Å². The van der Waals surface area contributed by atoms with Gasteiger partial charge in [0.05, 0.1) is 22.2 Å². The maximum absolute atomic E-state index is 14.1. The van der Waals surface area contributed by atoms with Crippen LogP contribution in [0.3, 0.4) is 0 Å². The molecule has 0 bridgehead atoms. The predicted octanol–water partition coefficient (Wildman–Crippen LogP) is 1.71. The van der Waals surface area contributed by atoms with Crippen molar-refractivity contribution in [3.63, 3.8) is 0 Å². The zero-order chi connectivity index (χ0) is 23.4. The van der Waals surface area contributed by atoms with Crippen molar-refractivity contribution in [3.8, 4) is 0 Å². The average Bonchev–Trinajstić information content (AvgIpc) is 3.04. The van der Waals surface area contributed by atoms with E-state index in [2.05, 4.69) is 0 Å². The van der Waals surface area contributed by atoms with Crippen LogP contribution in [0.2, 0.25) is 5.02 Å². The van der Waals surface area contributed by atoms with Crippen molar-refractivity contribution in [2.24, 2.45) is 11.8 Å². The number of aliphatic hydroxyl groups is 1.